The Hall–Kier alpha value is -0.570. The molecular weight excluding hydrogens is 280 g/mol. The van der Waals surface area contributed by atoms with Crippen LogP contribution in [0.3, 0.4) is 0 Å². The van der Waals surface area contributed by atoms with Crippen LogP contribution >= 0.6 is 11.6 Å². The largest absolute Gasteiger partial charge is 0.311 e. The molecule has 1 aromatic carbocycles. The Morgan fingerprint density at radius 3 is 2.57 bits per heavy atom. The van der Waals surface area contributed by atoms with Crippen LogP contribution in [0, 0.1) is 5.92 Å². The Balaban J connectivity index is 2.08. The van der Waals surface area contributed by atoms with E-state index in [0.717, 1.165) is 30.6 Å². The van der Waals surface area contributed by atoms with Crippen LogP contribution in [0.15, 0.2) is 24.3 Å². The Morgan fingerprint density at radius 1 is 1.33 bits per heavy atom. The van der Waals surface area contributed by atoms with Crippen molar-refractivity contribution in [1.29, 1.82) is 0 Å². The van der Waals surface area contributed by atoms with Crippen molar-refractivity contribution in [2.45, 2.75) is 58.7 Å². The maximum Gasteiger partial charge on any atom is 0.0406 e. The van der Waals surface area contributed by atoms with Gasteiger partial charge in [-0.25, -0.2) is 0 Å². The summed E-state index contributed by atoms with van der Waals surface area (Å²) in [5.74, 6) is 0.742. The zero-order valence-electron chi connectivity index (χ0n) is 13.8. The van der Waals surface area contributed by atoms with Crippen molar-refractivity contribution in [1.82, 2.24) is 10.2 Å². The van der Waals surface area contributed by atoms with Gasteiger partial charge in [0.05, 0.1) is 0 Å². The van der Waals surface area contributed by atoms with Gasteiger partial charge in [-0.1, -0.05) is 44.5 Å². The predicted molar refractivity (Wildman–Crippen MR) is 91.8 cm³/mol. The monoisotopic (exact) mass is 308 g/mol. The summed E-state index contributed by atoms with van der Waals surface area (Å²) in [5, 5.41) is 4.57. The zero-order valence-corrected chi connectivity index (χ0v) is 14.6. The molecule has 0 aromatic heterocycles. The fourth-order valence-corrected chi connectivity index (χ4v) is 3.29. The van der Waals surface area contributed by atoms with Gasteiger partial charge in [0.25, 0.3) is 0 Å². The maximum atomic E-state index is 5.99. The van der Waals surface area contributed by atoms with E-state index in [1.807, 2.05) is 12.1 Å². The molecule has 1 aromatic rings. The lowest BCUT2D eigenvalue weighted by Gasteiger charge is -2.48. The Kier molecular flexibility index (Phi) is 5.70. The first-order valence-electron chi connectivity index (χ1n) is 8.16. The fraction of sp³-hybridized carbons (Fsp3) is 0.667. The molecule has 2 unspecified atom stereocenters. The number of hydrogen-bond acceptors (Lipinski definition) is 2. The maximum absolute atomic E-state index is 5.99. The zero-order chi connectivity index (χ0) is 15.5. The van der Waals surface area contributed by atoms with Crippen LogP contribution in [0.1, 0.15) is 46.1 Å². The van der Waals surface area contributed by atoms with Crippen LogP contribution in [-0.2, 0) is 6.54 Å². The molecule has 0 radical (unpaired) electrons. The second-order valence-corrected chi connectivity index (χ2v) is 7.50. The molecule has 0 saturated carbocycles. The molecule has 118 valence electrons. The van der Waals surface area contributed by atoms with Gasteiger partial charge >= 0.3 is 0 Å². The van der Waals surface area contributed by atoms with Crippen LogP contribution < -0.4 is 5.32 Å². The highest BCUT2D eigenvalue weighted by Gasteiger charge is 2.36. The topological polar surface area (TPSA) is 15.3 Å². The summed E-state index contributed by atoms with van der Waals surface area (Å²) in [6.45, 7) is 12.5. The molecule has 0 bridgehead atoms. The van der Waals surface area contributed by atoms with Crippen LogP contribution in [0.25, 0.3) is 0 Å². The molecular formula is C18H29ClN2. The third-order valence-corrected chi connectivity index (χ3v) is 5.03. The normalized spacial score (nSPS) is 27.2. The van der Waals surface area contributed by atoms with E-state index in [0.29, 0.717) is 6.04 Å². The number of benzene rings is 1. The van der Waals surface area contributed by atoms with Crippen LogP contribution in [0.2, 0.25) is 5.02 Å². The molecule has 0 spiro atoms. The molecule has 1 N–H and O–H groups in total. The third-order valence-electron chi connectivity index (χ3n) is 4.78. The molecule has 2 rings (SSSR count). The first-order chi connectivity index (χ1) is 9.93. The van der Waals surface area contributed by atoms with Gasteiger partial charge in [-0.2, -0.15) is 0 Å². The Morgan fingerprint density at radius 2 is 2.00 bits per heavy atom. The average Bonchev–Trinajstić information content (AvgIpc) is 2.44. The van der Waals surface area contributed by atoms with E-state index in [4.69, 9.17) is 11.6 Å². The van der Waals surface area contributed by atoms with E-state index in [1.165, 1.54) is 18.4 Å². The molecule has 2 atom stereocenters. The van der Waals surface area contributed by atoms with E-state index >= 15 is 0 Å². The van der Waals surface area contributed by atoms with Crippen molar-refractivity contribution in [2.75, 3.05) is 13.1 Å². The Bertz CT molecular complexity index is 443. The smallest absolute Gasteiger partial charge is 0.0406 e. The summed E-state index contributed by atoms with van der Waals surface area (Å²) in [5.41, 5.74) is 1.59. The molecule has 0 amide bonds. The minimum absolute atomic E-state index is 0.243. The van der Waals surface area contributed by atoms with Crippen LogP contribution in [0.4, 0.5) is 0 Å². The second-order valence-electron chi connectivity index (χ2n) is 7.06. The number of hydrogen-bond donors (Lipinski definition) is 1. The van der Waals surface area contributed by atoms with Gasteiger partial charge < -0.3 is 5.32 Å². The molecule has 3 heteroatoms. The van der Waals surface area contributed by atoms with E-state index in [2.05, 4.69) is 50.0 Å². The summed E-state index contributed by atoms with van der Waals surface area (Å²) in [6.07, 6.45) is 2.42. The standard InChI is InChI=1S/C18H29ClN2/c1-5-18(4)13-20-17(10-14(2)3)12-21(18)11-15-6-8-16(19)9-7-15/h6-9,14,17,20H,5,10-13H2,1-4H3. The number of nitrogens with one attached hydrogen (secondary N) is 1. The lowest BCUT2D eigenvalue weighted by molar-refractivity contribution is 0.0372. The minimum atomic E-state index is 0.243. The summed E-state index contributed by atoms with van der Waals surface area (Å²) in [4.78, 5) is 2.65. The highest BCUT2D eigenvalue weighted by Crippen LogP contribution is 2.27. The number of halogens is 1. The van der Waals surface area contributed by atoms with E-state index < -0.39 is 0 Å². The van der Waals surface area contributed by atoms with E-state index in [-0.39, 0.29) is 5.54 Å². The number of piperazine rings is 1. The quantitative estimate of drug-likeness (QED) is 0.871. The van der Waals surface area contributed by atoms with Gasteiger partial charge in [-0.3, -0.25) is 4.90 Å². The SMILES string of the molecule is CCC1(C)CNC(CC(C)C)CN1Cc1ccc(Cl)cc1. The molecule has 0 aliphatic carbocycles. The van der Waals surface area contributed by atoms with Crippen LogP contribution in [0.5, 0.6) is 0 Å². The molecule has 1 saturated heterocycles. The van der Waals surface area contributed by atoms with Crippen molar-refractivity contribution in [3.8, 4) is 0 Å². The van der Waals surface area contributed by atoms with Gasteiger partial charge in [0.1, 0.15) is 0 Å². The first-order valence-corrected chi connectivity index (χ1v) is 8.53. The molecule has 2 nitrogen and oxygen atoms in total. The van der Waals surface area contributed by atoms with Crippen molar-refractivity contribution < 1.29 is 0 Å². The lowest BCUT2D eigenvalue weighted by Crippen LogP contribution is -2.62. The van der Waals surface area contributed by atoms with Crippen molar-refractivity contribution in [3.05, 3.63) is 34.9 Å². The number of rotatable bonds is 5. The summed E-state index contributed by atoms with van der Waals surface area (Å²) >= 11 is 5.99. The average molecular weight is 309 g/mol. The molecule has 1 heterocycles. The van der Waals surface area contributed by atoms with Gasteiger partial charge in [0, 0.05) is 36.2 Å². The van der Waals surface area contributed by atoms with Crippen molar-refractivity contribution >= 4 is 11.6 Å². The summed E-state index contributed by atoms with van der Waals surface area (Å²) < 4.78 is 0. The van der Waals surface area contributed by atoms with Crippen molar-refractivity contribution in [3.63, 3.8) is 0 Å². The summed E-state index contributed by atoms with van der Waals surface area (Å²) in [6, 6.07) is 8.90. The van der Waals surface area contributed by atoms with Gasteiger partial charge in [0.2, 0.25) is 0 Å². The number of nitrogens with zero attached hydrogens (tertiary/aromatic N) is 1. The van der Waals surface area contributed by atoms with Crippen molar-refractivity contribution in [2.24, 2.45) is 5.92 Å². The highest BCUT2D eigenvalue weighted by molar-refractivity contribution is 6.30. The predicted octanol–water partition coefficient (Wildman–Crippen LogP) is 4.33. The van der Waals surface area contributed by atoms with E-state index in [9.17, 15) is 0 Å². The second kappa shape index (κ2) is 7.13. The van der Waals surface area contributed by atoms with Gasteiger partial charge in [0.15, 0.2) is 0 Å². The fourth-order valence-electron chi connectivity index (χ4n) is 3.17. The van der Waals surface area contributed by atoms with Gasteiger partial charge in [-0.05, 0) is 43.4 Å². The van der Waals surface area contributed by atoms with Gasteiger partial charge in [-0.15, -0.1) is 0 Å². The Labute approximate surface area is 134 Å². The molecule has 1 aliphatic heterocycles. The molecule has 21 heavy (non-hydrogen) atoms. The van der Waals surface area contributed by atoms with Crippen LogP contribution in [-0.4, -0.2) is 29.6 Å². The molecule has 1 fully saturated rings. The molecule has 1 aliphatic rings. The third kappa shape index (κ3) is 4.45. The summed E-state index contributed by atoms with van der Waals surface area (Å²) in [7, 11) is 0. The minimum Gasteiger partial charge on any atom is -0.311 e. The first kappa shape index (κ1) is 16.8. The highest BCUT2D eigenvalue weighted by atomic mass is 35.5. The lowest BCUT2D eigenvalue weighted by atomic mass is 9.89. The van der Waals surface area contributed by atoms with E-state index in [1.54, 1.807) is 0 Å².